The lowest BCUT2D eigenvalue weighted by atomic mass is 10.2. The second-order valence-electron chi connectivity index (χ2n) is 2.41. The van der Waals surface area contributed by atoms with Gasteiger partial charge in [0.05, 0.1) is 18.7 Å². The van der Waals surface area contributed by atoms with Gasteiger partial charge in [-0.3, -0.25) is 0 Å². The average molecular weight is 266 g/mol. The van der Waals surface area contributed by atoms with Gasteiger partial charge in [-0.05, 0) is 27.6 Å². The number of hydrogen-bond donors (Lipinski definition) is 0. The summed E-state index contributed by atoms with van der Waals surface area (Å²) >= 11 is 9.13. The molecule has 1 rings (SSSR count). The molecule has 13 heavy (non-hydrogen) atoms. The molecule has 2 nitrogen and oxygen atoms in total. The maximum Gasteiger partial charge on any atom is 0.175 e. The van der Waals surface area contributed by atoms with Gasteiger partial charge in [0, 0.05) is 5.88 Å². The van der Waals surface area contributed by atoms with Gasteiger partial charge in [-0.15, -0.1) is 11.6 Å². The third kappa shape index (κ3) is 2.09. The lowest BCUT2D eigenvalue weighted by Gasteiger charge is -2.11. The first-order chi connectivity index (χ1) is 6.24. The van der Waals surface area contributed by atoms with Crippen LogP contribution in [0, 0.1) is 0 Å². The maximum absolute atomic E-state index is 5.73. The predicted octanol–water partition coefficient (Wildman–Crippen LogP) is 3.21. The Balaban J connectivity index is 3.23. The molecule has 0 spiro atoms. The van der Waals surface area contributed by atoms with Crippen LogP contribution in [0.3, 0.4) is 0 Å². The third-order valence-corrected chi connectivity index (χ3v) is 2.87. The van der Waals surface area contributed by atoms with Crippen molar-refractivity contribution in [1.82, 2.24) is 0 Å². The summed E-state index contributed by atoms with van der Waals surface area (Å²) in [6, 6.07) is 3.74. The highest BCUT2D eigenvalue weighted by atomic mass is 79.9. The molecular formula is C9H10BrClO2. The Morgan fingerprint density at radius 1 is 1.31 bits per heavy atom. The zero-order valence-corrected chi connectivity index (χ0v) is 9.78. The molecule has 72 valence electrons. The Labute approximate surface area is 90.9 Å². The van der Waals surface area contributed by atoms with Crippen LogP contribution in [-0.2, 0) is 5.88 Å². The Kier molecular flexibility index (Phi) is 3.88. The summed E-state index contributed by atoms with van der Waals surface area (Å²) in [5.41, 5.74) is 0.985. The van der Waals surface area contributed by atoms with Gasteiger partial charge in [0.25, 0.3) is 0 Å². The molecule has 4 heteroatoms. The fourth-order valence-electron chi connectivity index (χ4n) is 1.03. The Morgan fingerprint density at radius 3 is 2.46 bits per heavy atom. The molecule has 1 aromatic rings. The molecule has 0 fully saturated rings. The second-order valence-corrected chi connectivity index (χ2v) is 3.47. The quantitative estimate of drug-likeness (QED) is 0.781. The minimum Gasteiger partial charge on any atom is -0.493 e. The van der Waals surface area contributed by atoms with E-state index in [0.29, 0.717) is 17.4 Å². The summed E-state index contributed by atoms with van der Waals surface area (Å²) in [5, 5.41) is 0. The van der Waals surface area contributed by atoms with Gasteiger partial charge in [0.2, 0.25) is 0 Å². The molecule has 0 aromatic heterocycles. The van der Waals surface area contributed by atoms with Gasteiger partial charge in [0.15, 0.2) is 11.5 Å². The highest BCUT2D eigenvalue weighted by Crippen LogP contribution is 2.37. The molecule has 0 saturated heterocycles. The summed E-state index contributed by atoms with van der Waals surface area (Å²) in [6.07, 6.45) is 0. The number of methoxy groups -OCH3 is 2. The standard InChI is InChI=1S/C9H10BrClO2/c1-12-7-4-3-6(5-11)8(10)9(7)13-2/h3-4H,5H2,1-2H3. The first-order valence-electron chi connectivity index (χ1n) is 3.70. The van der Waals surface area contributed by atoms with Gasteiger partial charge in [-0.25, -0.2) is 0 Å². The van der Waals surface area contributed by atoms with Crippen molar-refractivity contribution in [2.24, 2.45) is 0 Å². The Hall–Kier alpha value is -0.410. The van der Waals surface area contributed by atoms with Crippen LogP contribution in [0.25, 0.3) is 0 Å². The average Bonchev–Trinajstić information content (AvgIpc) is 2.17. The van der Waals surface area contributed by atoms with E-state index in [9.17, 15) is 0 Å². The van der Waals surface area contributed by atoms with Crippen LogP contribution >= 0.6 is 27.5 Å². The van der Waals surface area contributed by atoms with E-state index in [1.165, 1.54) is 0 Å². The second kappa shape index (κ2) is 4.72. The molecule has 0 aliphatic carbocycles. The molecule has 0 radical (unpaired) electrons. The fraction of sp³-hybridized carbons (Fsp3) is 0.333. The topological polar surface area (TPSA) is 18.5 Å². The van der Waals surface area contributed by atoms with Crippen molar-refractivity contribution in [3.63, 3.8) is 0 Å². The van der Waals surface area contributed by atoms with Crippen molar-refractivity contribution in [3.8, 4) is 11.5 Å². The van der Waals surface area contributed by atoms with Crippen molar-refractivity contribution >= 4 is 27.5 Å². The molecule has 0 amide bonds. The van der Waals surface area contributed by atoms with Gasteiger partial charge >= 0.3 is 0 Å². The van der Waals surface area contributed by atoms with Crippen molar-refractivity contribution < 1.29 is 9.47 Å². The van der Waals surface area contributed by atoms with E-state index in [4.69, 9.17) is 21.1 Å². The monoisotopic (exact) mass is 264 g/mol. The maximum atomic E-state index is 5.73. The number of hydrogen-bond acceptors (Lipinski definition) is 2. The normalized spacial score (nSPS) is 9.85. The minimum atomic E-state index is 0.445. The molecule has 0 heterocycles. The van der Waals surface area contributed by atoms with Gasteiger partial charge in [-0.1, -0.05) is 6.07 Å². The van der Waals surface area contributed by atoms with Crippen LogP contribution in [0.15, 0.2) is 16.6 Å². The van der Waals surface area contributed by atoms with Crippen LogP contribution < -0.4 is 9.47 Å². The van der Waals surface area contributed by atoms with E-state index in [1.807, 2.05) is 12.1 Å². The largest absolute Gasteiger partial charge is 0.493 e. The molecule has 1 aromatic carbocycles. The molecular weight excluding hydrogens is 255 g/mol. The van der Waals surface area contributed by atoms with Crippen molar-refractivity contribution in [1.29, 1.82) is 0 Å². The van der Waals surface area contributed by atoms with E-state index in [1.54, 1.807) is 14.2 Å². The Bertz CT molecular complexity index is 302. The van der Waals surface area contributed by atoms with Crippen LogP contribution in [0.1, 0.15) is 5.56 Å². The molecule has 0 bridgehead atoms. The molecule has 0 unspecified atom stereocenters. The van der Waals surface area contributed by atoms with E-state index < -0.39 is 0 Å². The Morgan fingerprint density at radius 2 is 2.00 bits per heavy atom. The summed E-state index contributed by atoms with van der Waals surface area (Å²) < 4.78 is 11.1. The molecule has 0 saturated carbocycles. The van der Waals surface area contributed by atoms with Crippen LogP contribution in [-0.4, -0.2) is 14.2 Å². The number of alkyl halides is 1. The summed E-state index contributed by atoms with van der Waals surface area (Å²) in [4.78, 5) is 0. The summed E-state index contributed by atoms with van der Waals surface area (Å²) in [7, 11) is 3.20. The smallest absolute Gasteiger partial charge is 0.175 e. The molecule has 0 aliphatic heterocycles. The van der Waals surface area contributed by atoms with E-state index >= 15 is 0 Å². The lowest BCUT2D eigenvalue weighted by molar-refractivity contribution is 0.353. The minimum absolute atomic E-state index is 0.445. The van der Waals surface area contributed by atoms with Gasteiger partial charge in [0.1, 0.15) is 0 Å². The van der Waals surface area contributed by atoms with Crippen molar-refractivity contribution in [2.45, 2.75) is 5.88 Å². The van der Waals surface area contributed by atoms with Crippen molar-refractivity contribution in [3.05, 3.63) is 22.2 Å². The summed E-state index contributed by atoms with van der Waals surface area (Å²) in [6.45, 7) is 0. The first kappa shape index (κ1) is 10.7. The van der Waals surface area contributed by atoms with Gasteiger partial charge < -0.3 is 9.47 Å². The fourth-order valence-corrected chi connectivity index (χ4v) is 2.05. The highest BCUT2D eigenvalue weighted by Gasteiger charge is 2.11. The predicted molar refractivity (Wildman–Crippen MR) is 56.8 cm³/mol. The number of benzene rings is 1. The zero-order valence-electron chi connectivity index (χ0n) is 7.43. The third-order valence-electron chi connectivity index (χ3n) is 1.71. The zero-order chi connectivity index (χ0) is 9.84. The van der Waals surface area contributed by atoms with Crippen molar-refractivity contribution in [2.75, 3.05) is 14.2 Å². The number of ether oxygens (including phenoxy) is 2. The lowest BCUT2D eigenvalue weighted by Crippen LogP contribution is -1.93. The number of halogens is 2. The molecule has 0 aliphatic rings. The van der Waals surface area contributed by atoms with Crippen LogP contribution in [0.4, 0.5) is 0 Å². The van der Waals surface area contributed by atoms with Crippen LogP contribution in [0.5, 0.6) is 11.5 Å². The van der Waals surface area contributed by atoms with Gasteiger partial charge in [-0.2, -0.15) is 0 Å². The SMILES string of the molecule is COc1ccc(CCl)c(Br)c1OC. The van der Waals surface area contributed by atoms with E-state index in [-0.39, 0.29) is 0 Å². The first-order valence-corrected chi connectivity index (χ1v) is 5.02. The highest BCUT2D eigenvalue weighted by molar-refractivity contribution is 9.10. The summed E-state index contributed by atoms with van der Waals surface area (Å²) in [5.74, 6) is 1.82. The molecule has 0 N–H and O–H groups in total. The van der Waals surface area contributed by atoms with E-state index in [0.717, 1.165) is 10.0 Å². The van der Waals surface area contributed by atoms with Crippen LogP contribution in [0.2, 0.25) is 0 Å². The molecule has 0 atom stereocenters. The number of rotatable bonds is 3. The van der Waals surface area contributed by atoms with E-state index in [2.05, 4.69) is 15.9 Å².